The largest absolute Gasteiger partial charge is 0.421 e. The van der Waals surface area contributed by atoms with Gasteiger partial charge in [-0.15, -0.1) is 10.2 Å². The molecule has 3 aromatic rings. The fourth-order valence-corrected chi connectivity index (χ4v) is 3.70. The number of aryl methyl sites for hydroxylation is 2. The predicted molar refractivity (Wildman–Crippen MR) is 119 cm³/mol. The Kier molecular flexibility index (Phi) is 6.42. The lowest BCUT2D eigenvalue weighted by molar-refractivity contribution is -0.116. The fourth-order valence-electron chi connectivity index (χ4n) is 3.70. The molecule has 0 unspecified atom stereocenters. The lowest BCUT2D eigenvalue weighted by atomic mass is 10.1. The van der Waals surface area contributed by atoms with Crippen molar-refractivity contribution in [2.75, 3.05) is 23.3 Å². The molecule has 6 heteroatoms. The number of aromatic nitrogens is 2. The van der Waals surface area contributed by atoms with Gasteiger partial charge in [-0.2, -0.15) is 0 Å². The molecule has 0 spiro atoms. The summed E-state index contributed by atoms with van der Waals surface area (Å²) in [6.07, 6.45) is 5.84. The Morgan fingerprint density at radius 3 is 2.37 bits per heavy atom. The molecule has 0 bridgehead atoms. The number of anilines is 2. The van der Waals surface area contributed by atoms with Crippen molar-refractivity contribution in [3.05, 3.63) is 60.0 Å². The van der Waals surface area contributed by atoms with Crippen molar-refractivity contribution < 1.29 is 9.21 Å². The first kappa shape index (κ1) is 20.1. The third-order valence-electron chi connectivity index (χ3n) is 5.45. The molecule has 1 aromatic heterocycles. The summed E-state index contributed by atoms with van der Waals surface area (Å²) in [6, 6.07) is 16.0. The van der Waals surface area contributed by atoms with Crippen LogP contribution >= 0.6 is 0 Å². The quantitative estimate of drug-likeness (QED) is 0.626. The first-order valence-electron chi connectivity index (χ1n) is 10.7. The van der Waals surface area contributed by atoms with Crippen LogP contribution in [-0.4, -0.2) is 29.2 Å². The zero-order valence-corrected chi connectivity index (χ0v) is 17.4. The molecule has 0 radical (unpaired) electrons. The normalized spacial score (nSPS) is 14.4. The maximum Gasteiger partial charge on any atom is 0.247 e. The molecule has 30 heavy (non-hydrogen) atoms. The number of benzene rings is 2. The zero-order valence-electron chi connectivity index (χ0n) is 17.4. The minimum Gasteiger partial charge on any atom is -0.421 e. The molecule has 1 fully saturated rings. The van der Waals surface area contributed by atoms with Crippen LogP contribution in [0.4, 0.5) is 11.4 Å². The lowest BCUT2D eigenvalue weighted by Crippen LogP contribution is -2.23. The molecule has 6 nitrogen and oxygen atoms in total. The molecule has 2 heterocycles. The first-order valence-corrected chi connectivity index (χ1v) is 10.7. The first-order chi connectivity index (χ1) is 14.7. The van der Waals surface area contributed by atoms with Gasteiger partial charge in [0.2, 0.25) is 17.7 Å². The minimum absolute atomic E-state index is 0.0624. The molecular weight excluding hydrogens is 376 g/mol. The number of hydrogen-bond acceptors (Lipinski definition) is 5. The molecule has 0 saturated carbocycles. The van der Waals surface area contributed by atoms with Crippen LogP contribution in [0.3, 0.4) is 0 Å². The molecule has 1 aliphatic rings. The molecule has 0 atom stereocenters. The van der Waals surface area contributed by atoms with E-state index in [-0.39, 0.29) is 5.91 Å². The number of carbonyl (C=O) groups excluding carboxylic acids is 1. The minimum atomic E-state index is -0.0624. The van der Waals surface area contributed by atoms with E-state index >= 15 is 0 Å². The van der Waals surface area contributed by atoms with Gasteiger partial charge >= 0.3 is 0 Å². The van der Waals surface area contributed by atoms with E-state index in [4.69, 9.17) is 4.42 Å². The summed E-state index contributed by atoms with van der Waals surface area (Å²) in [4.78, 5) is 14.8. The Labute approximate surface area is 177 Å². The summed E-state index contributed by atoms with van der Waals surface area (Å²) in [5, 5.41) is 11.1. The summed E-state index contributed by atoms with van der Waals surface area (Å²) in [5.41, 5.74) is 4.09. The topological polar surface area (TPSA) is 71.3 Å². The molecule has 1 aliphatic heterocycles. The van der Waals surface area contributed by atoms with Crippen LogP contribution in [0.15, 0.2) is 52.9 Å². The van der Waals surface area contributed by atoms with Gasteiger partial charge in [0, 0.05) is 42.9 Å². The molecule has 2 aromatic carbocycles. The number of hydrogen-bond donors (Lipinski definition) is 1. The van der Waals surface area contributed by atoms with Gasteiger partial charge in [0.05, 0.1) is 0 Å². The second-order valence-corrected chi connectivity index (χ2v) is 7.86. The number of rotatable bonds is 6. The average molecular weight is 405 g/mol. The van der Waals surface area contributed by atoms with Crippen LogP contribution in [0.2, 0.25) is 0 Å². The highest BCUT2D eigenvalue weighted by atomic mass is 16.4. The second-order valence-electron chi connectivity index (χ2n) is 7.86. The SMILES string of the molecule is Cc1ccc(-c2nnc(CCC(=O)Nc3ccc(N4CCCCCC4)cc3)o2)cc1. The summed E-state index contributed by atoms with van der Waals surface area (Å²) >= 11 is 0. The van der Waals surface area contributed by atoms with E-state index < -0.39 is 0 Å². The van der Waals surface area contributed by atoms with Gasteiger partial charge in [-0.3, -0.25) is 4.79 Å². The zero-order chi connectivity index (χ0) is 20.8. The van der Waals surface area contributed by atoms with E-state index in [1.165, 1.54) is 36.9 Å². The smallest absolute Gasteiger partial charge is 0.247 e. The summed E-state index contributed by atoms with van der Waals surface area (Å²) in [6.45, 7) is 4.25. The highest BCUT2D eigenvalue weighted by Crippen LogP contribution is 2.22. The van der Waals surface area contributed by atoms with Crippen molar-refractivity contribution in [2.24, 2.45) is 0 Å². The van der Waals surface area contributed by atoms with E-state index in [1.807, 2.05) is 43.3 Å². The van der Waals surface area contributed by atoms with E-state index in [1.54, 1.807) is 0 Å². The van der Waals surface area contributed by atoms with Crippen molar-refractivity contribution in [2.45, 2.75) is 45.4 Å². The van der Waals surface area contributed by atoms with Gasteiger partial charge < -0.3 is 14.6 Å². The van der Waals surface area contributed by atoms with Crippen LogP contribution in [0.5, 0.6) is 0 Å². The van der Waals surface area contributed by atoms with Crippen LogP contribution in [0.1, 0.15) is 43.6 Å². The standard InChI is InChI=1S/C24H28N4O2/c1-18-6-8-19(9-7-18)24-27-26-23(30-24)15-14-22(29)25-20-10-12-21(13-11-20)28-16-4-2-3-5-17-28/h6-13H,2-5,14-17H2,1H3,(H,25,29). The van der Waals surface area contributed by atoms with Crippen molar-refractivity contribution in [1.29, 1.82) is 0 Å². The third kappa shape index (κ3) is 5.26. The number of nitrogens with zero attached hydrogens (tertiary/aromatic N) is 3. The molecular formula is C24H28N4O2. The molecule has 1 N–H and O–H groups in total. The van der Waals surface area contributed by atoms with Crippen LogP contribution in [0, 0.1) is 6.92 Å². The average Bonchev–Trinajstić information content (AvgIpc) is 3.07. The van der Waals surface area contributed by atoms with Gasteiger partial charge in [-0.1, -0.05) is 30.5 Å². The molecule has 0 aliphatic carbocycles. The van der Waals surface area contributed by atoms with Crippen LogP contribution < -0.4 is 10.2 Å². The Bertz CT molecular complexity index is 956. The van der Waals surface area contributed by atoms with E-state index in [0.717, 1.165) is 24.3 Å². The number of carbonyl (C=O) groups is 1. The third-order valence-corrected chi connectivity index (χ3v) is 5.45. The highest BCUT2D eigenvalue weighted by Gasteiger charge is 2.12. The molecule has 1 saturated heterocycles. The van der Waals surface area contributed by atoms with Gasteiger partial charge in [-0.05, 0) is 56.2 Å². The van der Waals surface area contributed by atoms with E-state index in [9.17, 15) is 4.79 Å². The molecule has 156 valence electrons. The second kappa shape index (κ2) is 9.57. The Morgan fingerprint density at radius 1 is 0.967 bits per heavy atom. The van der Waals surface area contributed by atoms with Crippen molar-refractivity contribution in [3.63, 3.8) is 0 Å². The van der Waals surface area contributed by atoms with Gasteiger partial charge in [0.25, 0.3) is 0 Å². The van der Waals surface area contributed by atoms with Crippen molar-refractivity contribution >= 4 is 17.3 Å². The Balaban J connectivity index is 1.28. The monoisotopic (exact) mass is 404 g/mol. The fraction of sp³-hybridized carbons (Fsp3) is 0.375. The van der Waals surface area contributed by atoms with Crippen molar-refractivity contribution in [3.8, 4) is 11.5 Å². The Morgan fingerprint density at radius 2 is 1.67 bits per heavy atom. The van der Waals surface area contributed by atoms with E-state index in [2.05, 4.69) is 32.5 Å². The maximum atomic E-state index is 12.3. The summed E-state index contributed by atoms with van der Waals surface area (Å²) in [5.74, 6) is 0.888. The molecule has 1 amide bonds. The molecule has 4 rings (SSSR count). The highest BCUT2D eigenvalue weighted by molar-refractivity contribution is 5.90. The predicted octanol–water partition coefficient (Wildman–Crippen LogP) is 5.00. The number of nitrogens with one attached hydrogen (secondary N) is 1. The van der Waals surface area contributed by atoms with Crippen molar-refractivity contribution in [1.82, 2.24) is 10.2 Å². The van der Waals surface area contributed by atoms with Crippen LogP contribution in [-0.2, 0) is 11.2 Å². The van der Waals surface area contributed by atoms with E-state index in [0.29, 0.717) is 24.6 Å². The summed E-state index contributed by atoms with van der Waals surface area (Å²) in [7, 11) is 0. The summed E-state index contributed by atoms with van der Waals surface area (Å²) < 4.78 is 5.70. The number of amides is 1. The maximum absolute atomic E-state index is 12.3. The van der Waals surface area contributed by atoms with Crippen LogP contribution in [0.25, 0.3) is 11.5 Å². The van der Waals surface area contributed by atoms with Gasteiger partial charge in [0.1, 0.15) is 0 Å². The van der Waals surface area contributed by atoms with Gasteiger partial charge in [-0.25, -0.2) is 0 Å². The Hall–Kier alpha value is -3.15. The lowest BCUT2D eigenvalue weighted by Gasteiger charge is -2.22. The van der Waals surface area contributed by atoms with Gasteiger partial charge in [0.15, 0.2) is 0 Å².